The molecule has 0 aliphatic carbocycles. The van der Waals surface area contributed by atoms with Crippen LogP contribution in [0.1, 0.15) is 16.0 Å². The monoisotopic (exact) mass is 431 g/mol. The van der Waals surface area contributed by atoms with Gasteiger partial charge in [0, 0.05) is 23.3 Å². The van der Waals surface area contributed by atoms with Crippen LogP contribution in [0.5, 0.6) is 0 Å². The number of aromatic nitrogens is 5. The van der Waals surface area contributed by atoms with Crippen LogP contribution in [0.2, 0.25) is 0 Å². The lowest BCUT2D eigenvalue weighted by Gasteiger charge is -2.27. The standard InChI is InChI=1S/C20H17N9OS/c1-12-6-14(3-2-13(12)7-21)26-19(30)27-20-22-8-15(31-20)10-28-4-5-29-17-16(9-25-29)23-11-24-18(17)28/h2-3,6,8-9,11H,4-5,10H2,1H3,(H2,22,26,27,30). The molecule has 4 aromatic rings. The Morgan fingerprint density at radius 1 is 1.23 bits per heavy atom. The van der Waals surface area contributed by atoms with E-state index in [-0.39, 0.29) is 6.03 Å². The Labute approximate surface area is 181 Å². The van der Waals surface area contributed by atoms with E-state index in [0.717, 1.165) is 40.4 Å². The number of rotatable bonds is 4. The molecule has 0 spiro atoms. The van der Waals surface area contributed by atoms with Gasteiger partial charge in [-0.25, -0.2) is 19.7 Å². The van der Waals surface area contributed by atoms with E-state index in [1.807, 2.05) is 11.6 Å². The third-order valence-corrected chi connectivity index (χ3v) is 5.91. The van der Waals surface area contributed by atoms with Crippen molar-refractivity contribution in [2.45, 2.75) is 20.0 Å². The number of thiazole rings is 1. The van der Waals surface area contributed by atoms with Gasteiger partial charge in [0.2, 0.25) is 0 Å². The van der Waals surface area contributed by atoms with Gasteiger partial charge >= 0.3 is 6.03 Å². The molecule has 0 atom stereocenters. The summed E-state index contributed by atoms with van der Waals surface area (Å²) in [6.45, 7) is 4.00. The Kier molecular flexibility index (Phi) is 4.68. The summed E-state index contributed by atoms with van der Waals surface area (Å²) in [5.74, 6) is 0.852. The van der Waals surface area contributed by atoms with Gasteiger partial charge in [-0.2, -0.15) is 10.4 Å². The van der Waals surface area contributed by atoms with Crippen molar-refractivity contribution in [3.05, 3.63) is 52.9 Å². The first-order chi connectivity index (χ1) is 15.1. The maximum Gasteiger partial charge on any atom is 0.325 e. The zero-order valence-corrected chi connectivity index (χ0v) is 17.3. The highest BCUT2D eigenvalue weighted by Gasteiger charge is 2.22. The number of nitrogens with one attached hydrogen (secondary N) is 2. The van der Waals surface area contributed by atoms with E-state index in [9.17, 15) is 4.79 Å². The first-order valence-electron chi connectivity index (χ1n) is 9.55. The number of carbonyl (C=O) groups excluding carboxylic acids is 1. The van der Waals surface area contributed by atoms with Gasteiger partial charge in [0.05, 0.1) is 30.9 Å². The topological polar surface area (TPSA) is 125 Å². The molecule has 31 heavy (non-hydrogen) atoms. The highest BCUT2D eigenvalue weighted by Crippen LogP contribution is 2.29. The highest BCUT2D eigenvalue weighted by molar-refractivity contribution is 7.15. The van der Waals surface area contributed by atoms with E-state index in [1.54, 1.807) is 36.9 Å². The molecular weight excluding hydrogens is 414 g/mol. The second-order valence-electron chi connectivity index (χ2n) is 7.07. The molecule has 1 aliphatic rings. The fraction of sp³-hybridized carbons (Fsp3) is 0.200. The van der Waals surface area contributed by atoms with Crippen LogP contribution in [-0.2, 0) is 13.1 Å². The van der Waals surface area contributed by atoms with Gasteiger partial charge in [0.1, 0.15) is 17.4 Å². The van der Waals surface area contributed by atoms with Crippen LogP contribution >= 0.6 is 11.3 Å². The third-order valence-electron chi connectivity index (χ3n) is 5.02. The SMILES string of the molecule is Cc1cc(NC(=O)Nc2ncc(CN3CCn4ncc5ncnc3c54)s2)ccc1C#N. The zero-order valence-electron chi connectivity index (χ0n) is 16.5. The molecule has 3 aromatic heterocycles. The van der Waals surface area contributed by atoms with E-state index in [1.165, 1.54) is 11.3 Å². The predicted octanol–water partition coefficient (Wildman–Crippen LogP) is 3.13. The van der Waals surface area contributed by atoms with Gasteiger partial charge in [-0.15, -0.1) is 0 Å². The van der Waals surface area contributed by atoms with E-state index in [4.69, 9.17) is 5.26 Å². The second-order valence-corrected chi connectivity index (χ2v) is 8.19. The molecule has 0 saturated heterocycles. The van der Waals surface area contributed by atoms with Gasteiger partial charge in [0.15, 0.2) is 10.9 Å². The van der Waals surface area contributed by atoms with Crippen LogP contribution in [0.15, 0.2) is 36.9 Å². The molecule has 4 heterocycles. The molecule has 154 valence electrons. The van der Waals surface area contributed by atoms with Crippen LogP contribution in [0.4, 0.5) is 21.4 Å². The number of benzene rings is 1. The predicted molar refractivity (Wildman–Crippen MR) is 117 cm³/mol. The van der Waals surface area contributed by atoms with Crippen molar-refractivity contribution < 1.29 is 4.79 Å². The maximum absolute atomic E-state index is 12.3. The molecule has 5 rings (SSSR count). The van der Waals surface area contributed by atoms with Gasteiger partial charge in [-0.3, -0.25) is 10.00 Å². The fourth-order valence-corrected chi connectivity index (χ4v) is 4.36. The lowest BCUT2D eigenvalue weighted by Crippen LogP contribution is -2.32. The van der Waals surface area contributed by atoms with Crippen LogP contribution in [0.3, 0.4) is 0 Å². The van der Waals surface area contributed by atoms with Crippen LogP contribution in [0.25, 0.3) is 11.0 Å². The number of nitrogens with zero attached hydrogens (tertiary/aromatic N) is 7. The highest BCUT2D eigenvalue weighted by atomic mass is 32.1. The minimum absolute atomic E-state index is 0.385. The molecule has 1 aliphatic heterocycles. The summed E-state index contributed by atoms with van der Waals surface area (Å²) in [6, 6.07) is 6.86. The van der Waals surface area contributed by atoms with Gasteiger partial charge in [0.25, 0.3) is 0 Å². The molecule has 0 saturated carbocycles. The fourth-order valence-electron chi connectivity index (χ4n) is 3.54. The van der Waals surface area contributed by atoms with Crippen LogP contribution in [-0.4, -0.2) is 37.3 Å². The van der Waals surface area contributed by atoms with Crippen molar-refractivity contribution in [1.82, 2.24) is 24.7 Å². The summed E-state index contributed by atoms with van der Waals surface area (Å²) in [6.07, 6.45) is 5.07. The van der Waals surface area contributed by atoms with Crippen molar-refractivity contribution in [3.63, 3.8) is 0 Å². The summed E-state index contributed by atoms with van der Waals surface area (Å²) >= 11 is 1.41. The van der Waals surface area contributed by atoms with Crippen molar-refractivity contribution in [3.8, 4) is 6.07 Å². The summed E-state index contributed by atoms with van der Waals surface area (Å²) in [7, 11) is 0. The molecule has 10 nitrogen and oxygen atoms in total. The molecule has 1 aromatic carbocycles. The summed E-state index contributed by atoms with van der Waals surface area (Å²) in [4.78, 5) is 28.5. The van der Waals surface area contributed by atoms with E-state index >= 15 is 0 Å². The minimum Gasteiger partial charge on any atom is -0.348 e. The van der Waals surface area contributed by atoms with Gasteiger partial charge < -0.3 is 10.2 Å². The van der Waals surface area contributed by atoms with Crippen LogP contribution in [0, 0.1) is 18.3 Å². The number of hydrogen-bond donors (Lipinski definition) is 2. The number of aryl methyl sites for hydroxylation is 1. The quantitative estimate of drug-likeness (QED) is 0.508. The lowest BCUT2D eigenvalue weighted by atomic mass is 10.1. The minimum atomic E-state index is -0.385. The lowest BCUT2D eigenvalue weighted by molar-refractivity contribution is 0.262. The van der Waals surface area contributed by atoms with Crippen molar-refractivity contribution in [2.75, 3.05) is 22.1 Å². The van der Waals surface area contributed by atoms with E-state index in [2.05, 4.69) is 41.7 Å². The Balaban J connectivity index is 1.25. The molecule has 0 radical (unpaired) electrons. The molecule has 0 unspecified atom stereocenters. The Hall–Kier alpha value is -4.04. The Morgan fingerprint density at radius 2 is 2.13 bits per heavy atom. The molecule has 2 N–H and O–H groups in total. The van der Waals surface area contributed by atoms with Crippen molar-refractivity contribution in [2.24, 2.45) is 0 Å². The van der Waals surface area contributed by atoms with E-state index < -0.39 is 0 Å². The number of nitriles is 1. The first-order valence-corrected chi connectivity index (χ1v) is 10.4. The summed E-state index contributed by atoms with van der Waals surface area (Å²) < 4.78 is 1.93. The molecule has 11 heteroatoms. The van der Waals surface area contributed by atoms with Gasteiger partial charge in [-0.1, -0.05) is 11.3 Å². The van der Waals surface area contributed by atoms with Crippen molar-refractivity contribution in [1.29, 1.82) is 5.26 Å². The Bertz CT molecular complexity index is 1340. The zero-order chi connectivity index (χ0) is 21.4. The number of carbonyl (C=O) groups is 1. The van der Waals surface area contributed by atoms with Crippen LogP contribution < -0.4 is 15.5 Å². The first kappa shape index (κ1) is 19.0. The van der Waals surface area contributed by atoms with E-state index in [0.29, 0.717) is 22.9 Å². The normalized spacial score (nSPS) is 12.6. The summed E-state index contributed by atoms with van der Waals surface area (Å²) in [5, 5.41) is 19.4. The third kappa shape index (κ3) is 3.64. The summed E-state index contributed by atoms with van der Waals surface area (Å²) in [5.41, 5.74) is 3.77. The molecular formula is C20H17N9OS. The second kappa shape index (κ2) is 7.66. The number of urea groups is 1. The molecule has 0 bridgehead atoms. The average molecular weight is 431 g/mol. The smallest absolute Gasteiger partial charge is 0.325 e. The number of anilines is 3. The number of amides is 2. The Morgan fingerprint density at radius 3 is 2.97 bits per heavy atom. The maximum atomic E-state index is 12.3. The molecule has 2 amide bonds. The average Bonchev–Trinajstić information content (AvgIpc) is 3.38. The van der Waals surface area contributed by atoms with Crippen molar-refractivity contribution >= 4 is 45.0 Å². The molecule has 0 fully saturated rings. The largest absolute Gasteiger partial charge is 0.348 e. The number of hydrogen-bond acceptors (Lipinski definition) is 8. The van der Waals surface area contributed by atoms with Gasteiger partial charge in [-0.05, 0) is 30.7 Å².